The monoisotopic (exact) mass is 339 g/mol. The number of imidazole rings is 1. The Hall–Kier alpha value is -2.35. The molecule has 0 bridgehead atoms. The maximum atomic E-state index is 12.9. The second-order valence-corrected chi connectivity index (χ2v) is 5.87. The Morgan fingerprint density at radius 3 is 2.79 bits per heavy atom. The number of nitrogens with zero attached hydrogens (tertiary/aromatic N) is 2. The largest absolute Gasteiger partial charge is 0.416 e. The molecule has 5 nitrogen and oxygen atoms in total. The summed E-state index contributed by atoms with van der Waals surface area (Å²) in [7, 11) is 0. The third-order valence-corrected chi connectivity index (χ3v) is 4.07. The maximum Gasteiger partial charge on any atom is 0.416 e. The molecule has 0 spiro atoms. The predicted molar refractivity (Wildman–Crippen MR) is 79.2 cm³/mol. The summed E-state index contributed by atoms with van der Waals surface area (Å²) in [6.45, 7) is 1.76. The number of benzene rings is 1. The smallest absolute Gasteiger partial charge is 0.391 e. The summed E-state index contributed by atoms with van der Waals surface area (Å²) in [6, 6.07) is 4.25. The second kappa shape index (κ2) is 5.94. The van der Waals surface area contributed by atoms with Gasteiger partial charge in [-0.15, -0.1) is 0 Å². The van der Waals surface area contributed by atoms with Crippen LogP contribution in [0.1, 0.15) is 39.9 Å². The van der Waals surface area contributed by atoms with E-state index in [9.17, 15) is 23.1 Å². The van der Waals surface area contributed by atoms with Crippen molar-refractivity contribution >= 4 is 5.91 Å². The van der Waals surface area contributed by atoms with E-state index < -0.39 is 29.8 Å². The van der Waals surface area contributed by atoms with Crippen LogP contribution in [-0.4, -0.2) is 38.5 Å². The molecule has 128 valence electrons. The third-order valence-electron chi connectivity index (χ3n) is 4.07. The van der Waals surface area contributed by atoms with Crippen LogP contribution in [0, 0.1) is 6.92 Å². The van der Waals surface area contributed by atoms with Gasteiger partial charge in [-0.25, -0.2) is 4.98 Å². The van der Waals surface area contributed by atoms with Crippen LogP contribution in [0.5, 0.6) is 0 Å². The fourth-order valence-corrected chi connectivity index (χ4v) is 2.96. The van der Waals surface area contributed by atoms with Crippen LogP contribution in [0.3, 0.4) is 0 Å². The first-order chi connectivity index (χ1) is 11.3. The van der Waals surface area contributed by atoms with E-state index in [1.807, 2.05) is 0 Å². The van der Waals surface area contributed by atoms with Crippen LogP contribution in [0.4, 0.5) is 13.2 Å². The average Bonchev–Trinajstić information content (AvgIpc) is 3.12. The van der Waals surface area contributed by atoms with Crippen molar-refractivity contribution in [1.82, 2.24) is 14.9 Å². The number of aliphatic hydroxyl groups is 1. The molecular formula is C16H16F3N3O2. The summed E-state index contributed by atoms with van der Waals surface area (Å²) in [4.78, 5) is 20.7. The molecule has 3 rings (SSSR count). The van der Waals surface area contributed by atoms with E-state index in [1.54, 1.807) is 6.92 Å². The van der Waals surface area contributed by atoms with Crippen molar-refractivity contribution in [3.05, 3.63) is 53.1 Å². The van der Waals surface area contributed by atoms with Crippen LogP contribution in [-0.2, 0) is 6.18 Å². The quantitative estimate of drug-likeness (QED) is 0.884. The lowest BCUT2D eigenvalue weighted by Gasteiger charge is -2.24. The van der Waals surface area contributed by atoms with Gasteiger partial charge in [0.25, 0.3) is 5.91 Å². The van der Waals surface area contributed by atoms with Gasteiger partial charge in [-0.1, -0.05) is 12.1 Å². The first-order valence-corrected chi connectivity index (χ1v) is 7.43. The Morgan fingerprint density at radius 2 is 2.17 bits per heavy atom. The average molecular weight is 339 g/mol. The van der Waals surface area contributed by atoms with Gasteiger partial charge in [-0.05, 0) is 31.0 Å². The summed E-state index contributed by atoms with van der Waals surface area (Å²) in [6.07, 6.45) is -3.66. The van der Waals surface area contributed by atoms with Gasteiger partial charge in [-0.3, -0.25) is 4.79 Å². The van der Waals surface area contributed by atoms with Crippen molar-refractivity contribution in [2.24, 2.45) is 0 Å². The number of H-pyrrole nitrogens is 1. The number of halogens is 3. The number of carbonyl (C=O) groups excluding carboxylic acids is 1. The van der Waals surface area contributed by atoms with E-state index in [0.29, 0.717) is 11.4 Å². The van der Waals surface area contributed by atoms with Crippen LogP contribution < -0.4 is 0 Å². The zero-order valence-electron chi connectivity index (χ0n) is 12.8. The molecule has 1 aromatic carbocycles. The van der Waals surface area contributed by atoms with Gasteiger partial charge in [0, 0.05) is 6.54 Å². The van der Waals surface area contributed by atoms with Gasteiger partial charge in [0.05, 0.1) is 23.9 Å². The van der Waals surface area contributed by atoms with E-state index in [4.69, 9.17) is 0 Å². The number of likely N-dealkylation sites (tertiary alicyclic amines) is 1. The van der Waals surface area contributed by atoms with E-state index in [-0.39, 0.29) is 18.7 Å². The molecule has 0 saturated carbocycles. The maximum absolute atomic E-state index is 12.9. The standard InChI is InChI=1S/C16H16F3N3O2/c1-9-20-7-13(21-9)15(24)22-8-12(23)6-14(22)10-3-2-4-11(5-10)16(17,18)19/h2-5,7,12,14,23H,6,8H2,1H3,(H,20,21). The number of alkyl halides is 3. The van der Waals surface area contributed by atoms with Crippen molar-refractivity contribution < 1.29 is 23.1 Å². The first-order valence-electron chi connectivity index (χ1n) is 7.43. The molecule has 1 saturated heterocycles. The number of hydrogen-bond donors (Lipinski definition) is 2. The molecule has 1 aliphatic rings. The minimum absolute atomic E-state index is 0.0673. The fourth-order valence-electron chi connectivity index (χ4n) is 2.96. The number of aryl methyl sites for hydroxylation is 1. The topological polar surface area (TPSA) is 69.2 Å². The zero-order chi connectivity index (χ0) is 17.5. The molecule has 2 aromatic rings. The van der Waals surface area contributed by atoms with Crippen molar-refractivity contribution in [3.63, 3.8) is 0 Å². The number of aromatic nitrogens is 2. The number of aliphatic hydroxyl groups excluding tert-OH is 1. The van der Waals surface area contributed by atoms with Gasteiger partial charge in [0.2, 0.25) is 0 Å². The molecular weight excluding hydrogens is 323 g/mol. The minimum Gasteiger partial charge on any atom is -0.391 e. The molecule has 2 atom stereocenters. The van der Waals surface area contributed by atoms with E-state index in [1.165, 1.54) is 23.2 Å². The predicted octanol–water partition coefficient (Wildman–Crippen LogP) is 2.69. The van der Waals surface area contributed by atoms with Gasteiger partial charge in [-0.2, -0.15) is 13.2 Å². The van der Waals surface area contributed by atoms with Crippen molar-refractivity contribution in [2.45, 2.75) is 31.7 Å². The van der Waals surface area contributed by atoms with Gasteiger partial charge < -0.3 is 15.0 Å². The molecule has 0 aliphatic carbocycles. The highest BCUT2D eigenvalue weighted by atomic mass is 19.4. The van der Waals surface area contributed by atoms with E-state index in [0.717, 1.165) is 12.1 Å². The lowest BCUT2D eigenvalue weighted by Crippen LogP contribution is -2.32. The highest BCUT2D eigenvalue weighted by molar-refractivity contribution is 5.92. The Morgan fingerprint density at radius 1 is 1.42 bits per heavy atom. The summed E-state index contributed by atoms with van der Waals surface area (Å²) in [5.74, 6) is 0.170. The highest BCUT2D eigenvalue weighted by Crippen LogP contribution is 2.36. The van der Waals surface area contributed by atoms with Gasteiger partial charge in [0.1, 0.15) is 11.5 Å². The molecule has 2 unspecified atom stereocenters. The normalized spacial score (nSPS) is 21.3. The first kappa shape index (κ1) is 16.5. The Kier molecular flexibility index (Phi) is 4.08. The van der Waals surface area contributed by atoms with Gasteiger partial charge in [0.15, 0.2) is 0 Å². The van der Waals surface area contributed by atoms with E-state index >= 15 is 0 Å². The number of rotatable bonds is 2. The summed E-state index contributed by atoms with van der Waals surface area (Å²) in [5.41, 5.74) is -0.171. The molecule has 24 heavy (non-hydrogen) atoms. The summed E-state index contributed by atoms with van der Waals surface area (Å²) in [5, 5.41) is 9.92. The molecule has 0 radical (unpaired) electrons. The molecule has 1 fully saturated rings. The Bertz CT molecular complexity index is 757. The van der Waals surface area contributed by atoms with Crippen molar-refractivity contribution in [3.8, 4) is 0 Å². The Balaban J connectivity index is 1.92. The number of amides is 1. The van der Waals surface area contributed by atoms with Crippen molar-refractivity contribution in [2.75, 3.05) is 6.54 Å². The SMILES string of the molecule is Cc1ncc(C(=O)N2CC(O)CC2c2cccc(C(F)(F)F)c2)[nH]1. The molecule has 1 aliphatic heterocycles. The minimum atomic E-state index is -4.46. The number of nitrogens with one attached hydrogen (secondary N) is 1. The van der Waals surface area contributed by atoms with Crippen LogP contribution >= 0.6 is 0 Å². The molecule has 1 aromatic heterocycles. The highest BCUT2D eigenvalue weighted by Gasteiger charge is 2.38. The Labute approximate surface area is 136 Å². The number of β-amino-alcohol motifs (C(OH)–C–C–N with tert-alkyl or cyclic N) is 1. The molecule has 2 N–H and O–H groups in total. The van der Waals surface area contributed by atoms with Crippen LogP contribution in [0.15, 0.2) is 30.5 Å². The van der Waals surface area contributed by atoms with Gasteiger partial charge >= 0.3 is 6.18 Å². The van der Waals surface area contributed by atoms with Crippen LogP contribution in [0.2, 0.25) is 0 Å². The zero-order valence-corrected chi connectivity index (χ0v) is 12.8. The third kappa shape index (κ3) is 3.14. The number of hydrogen-bond acceptors (Lipinski definition) is 3. The fraction of sp³-hybridized carbons (Fsp3) is 0.375. The molecule has 1 amide bonds. The number of aromatic amines is 1. The lowest BCUT2D eigenvalue weighted by molar-refractivity contribution is -0.137. The molecule has 8 heteroatoms. The summed E-state index contributed by atoms with van der Waals surface area (Å²) >= 11 is 0. The van der Waals surface area contributed by atoms with Crippen molar-refractivity contribution in [1.29, 1.82) is 0 Å². The molecule has 2 heterocycles. The summed E-state index contributed by atoms with van der Waals surface area (Å²) < 4.78 is 38.7. The van der Waals surface area contributed by atoms with E-state index in [2.05, 4.69) is 9.97 Å². The number of carbonyl (C=O) groups is 1. The van der Waals surface area contributed by atoms with Crippen LogP contribution in [0.25, 0.3) is 0 Å². The lowest BCUT2D eigenvalue weighted by atomic mass is 10.0. The second-order valence-electron chi connectivity index (χ2n) is 5.87.